The Hall–Kier alpha value is -1.78. The van der Waals surface area contributed by atoms with Gasteiger partial charge in [-0.15, -0.1) is 0 Å². The van der Waals surface area contributed by atoms with Gasteiger partial charge in [0.1, 0.15) is 11.6 Å². The Morgan fingerprint density at radius 3 is 2.65 bits per heavy atom. The first-order valence-electron chi connectivity index (χ1n) is 5.27. The van der Waals surface area contributed by atoms with Gasteiger partial charge in [-0.3, -0.25) is 4.79 Å². The van der Waals surface area contributed by atoms with Gasteiger partial charge in [0.05, 0.1) is 5.69 Å². The van der Waals surface area contributed by atoms with Crippen molar-refractivity contribution in [3.63, 3.8) is 0 Å². The number of nitrogens with one attached hydrogen (secondary N) is 1. The second-order valence-corrected chi connectivity index (χ2v) is 4.77. The molecule has 0 aliphatic heterocycles. The fraction of sp³-hybridized carbons (Fsp3) is 0.417. The molecule has 0 fully saturated rings. The molecule has 0 saturated carbocycles. The fourth-order valence-corrected chi connectivity index (χ4v) is 1.20. The van der Waals surface area contributed by atoms with Crippen LogP contribution in [0.2, 0.25) is 0 Å². The zero-order chi connectivity index (χ0) is 13.1. The molecule has 3 N–H and O–H groups in total. The Morgan fingerprint density at radius 1 is 1.47 bits per heavy atom. The Kier molecular flexibility index (Phi) is 3.93. The summed E-state index contributed by atoms with van der Waals surface area (Å²) in [6, 6.07) is 4.06. The second kappa shape index (κ2) is 5.03. The lowest BCUT2D eigenvalue weighted by atomic mass is 10.1. The number of hydrogen-bond donors (Lipinski definition) is 2. The number of amides is 1. The molecule has 0 saturated heterocycles. The molecular formula is C12H17FN2O2. The zero-order valence-electron chi connectivity index (χ0n) is 10.2. The summed E-state index contributed by atoms with van der Waals surface area (Å²) in [6.45, 7) is 5.45. The molecule has 0 bridgehead atoms. The van der Waals surface area contributed by atoms with Gasteiger partial charge in [0.2, 0.25) is 0 Å². The number of hydrogen-bond acceptors (Lipinski definition) is 3. The van der Waals surface area contributed by atoms with Crippen molar-refractivity contribution in [2.24, 2.45) is 0 Å². The summed E-state index contributed by atoms with van der Waals surface area (Å²) in [4.78, 5) is 11.4. The monoisotopic (exact) mass is 240 g/mol. The molecule has 1 rings (SSSR count). The van der Waals surface area contributed by atoms with Crippen LogP contribution in [0.25, 0.3) is 0 Å². The SMILES string of the molecule is CC(C)(C)NC(=O)COc1ccc(N)c(F)c1. The van der Waals surface area contributed by atoms with E-state index in [4.69, 9.17) is 10.5 Å². The number of carbonyl (C=O) groups is 1. The van der Waals surface area contributed by atoms with E-state index >= 15 is 0 Å². The molecule has 4 nitrogen and oxygen atoms in total. The van der Waals surface area contributed by atoms with Gasteiger partial charge in [0.25, 0.3) is 5.91 Å². The molecule has 94 valence electrons. The minimum absolute atomic E-state index is 0.0523. The topological polar surface area (TPSA) is 64.3 Å². The number of ether oxygens (including phenoxy) is 1. The van der Waals surface area contributed by atoms with Gasteiger partial charge in [-0.25, -0.2) is 4.39 Å². The number of anilines is 1. The highest BCUT2D eigenvalue weighted by molar-refractivity contribution is 5.78. The van der Waals surface area contributed by atoms with Gasteiger partial charge < -0.3 is 15.8 Å². The lowest BCUT2D eigenvalue weighted by Crippen LogP contribution is -2.43. The van der Waals surface area contributed by atoms with E-state index < -0.39 is 5.82 Å². The van der Waals surface area contributed by atoms with Gasteiger partial charge in [-0.2, -0.15) is 0 Å². The summed E-state index contributed by atoms with van der Waals surface area (Å²) < 4.78 is 18.2. The van der Waals surface area contributed by atoms with E-state index in [9.17, 15) is 9.18 Å². The molecule has 1 aromatic rings. The normalized spacial score (nSPS) is 11.1. The van der Waals surface area contributed by atoms with Gasteiger partial charge in [0, 0.05) is 11.6 Å². The van der Waals surface area contributed by atoms with Crippen LogP contribution in [0.4, 0.5) is 10.1 Å². The number of nitrogen functional groups attached to an aromatic ring is 1. The minimum Gasteiger partial charge on any atom is -0.484 e. The third kappa shape index (κ3) is 4.72. The summed E-state index contributed by atoms with van der Waals surface area (Å²) in [6.07, 6.45) is 0. The molecular weight excluding hydrogens is 223 g/mol. The maximum Gasteiger partial charge on any atom is 0.258 e. The number of nitrogens with two attached hydrogens (primary N) is 1. The van der Waals surface area contributed by atoms with Crippen LogP contribution in [0.15, 0.2) is 18.2 Å². The van der Waals surface area contributed by atoms with Crippen LogP contribution in [-0.2, 0) is 4.79 Å². The highest BCUT2D eigenvalue weighted by Crippen LogP contribution is 2.17. The van der Waals surface area contributed by atoms with E-state index in [2.05, 4.69) is 5.32 Å². The van der Waals surface area contributed by atoms with Crippen LogP contribution < -0.4 is 15.8 Å². The van der Waals surface area contributed by atoms with E-state index in [1.54, 1.807) is 0 Å². The van der Waals surface area contributed by atoms with Crippen LogP contribution in [0.1, 0.15) is 20.8 Å². The van der Waals surface area contributed by atoms with Crippen molar-refractivity contribution >= 4 is 11.6 Å². The van der Waals surface area contributed by atoms with Crippen LogP contribution in [0, 0.1) is 5.82 Å². The van der Waals surface area contributed by atoms with Gasteiger partial charge >= 0.3 is 0 Å². The van der Waals surface area contributed by atoms with Crippen molar-refractivity contribution in [1.29, 1.82) is 0 Å². The molecule has 0 radical (unpaired) electrons. The third-order valence-corrected chi connectivity index (χ3v) is 1.86. The predicted octanol–water partition coefficient (Wildman–Crippen LogP) is 1.70. The van der Waals surface area contributed by atoms with E-state index in [0.717, 1.165) is 6.07 Å². The summed E-state index contributed by atoms with van der Waals surface area (Å²) in [5.74, 6) is -0.533. The first-order chi connectivity index (χ1) is 7.78. The number of carbonyl (C=O) groups excluding carboxylic acids is 1. The first-order valence-corrected chi connectivity index (χ1v) is 5.27. The van der Waals surface area contributed by atoms with Crippen LogP contribution in [0.5, 0.6) is 5.75 Å². The first kappa shape index (κ1) is 13.3. The van der Waals surface area contributed by atoms with Gasteiger partial charge in [0.15, 0.2) is 6.61 Å². The molecule has 1 aromatic carbocycles. The third-order valence-electron chi connectivity index (χ3n) is 1.86. The highest BCUT2D eigenvalue weighted by Gasteiger charge is 2.14. The highest BCUT2D eigenvalue weighted by atomic mass is 19.1. The molecule has 0 unspecified atom stereocenters. The van der Waals surface area contributed by atoms with E-state index in [0.29, 0.717) is 0 Å². The fourth-order valence-electron chi connectivity index (χ4n) is 1.20. The molecule has 0 aromatic heterocycles. The van der Waals surface area contributed by atoms with Gasteiger partial charge in [-0.1, -0.05) is 0 Å². The molecule has 0 aliphatic rings. The molecule has 1 amide bonds. The Morgan fingerprint density at radius 2 is 2.12 bits per heavy atom. The van der Waals surface area contributed by atoms with Crippen molar-refractivity contribution in [1.82, 2.24) is 5.32 Å². The zero-order valence-corrected chi connectivity index (χ0v) is 10.2. The standard InChI is InChI=1S/C12H17FN2O2/c1-12(2,3)15-11(16)7-17-8-4-5-10(14)9(13)6-8/h4-6H,7,14H2,1-3H3,(H,15,16). The van der Waals surface area contributed by atoms with Crippen molar-refractivity contribution in [3.8, 4) is 5.75 Å². The molecule has 17 heavy (non-hydrogen) atoms. The molecule has 0 spiro atoms. The quantitative estimate of drug-likeness (QED) is 0.790. The van der Waals surface area contributed by atoms with Crippen LogP contribution in [0.3, 0.4) is 0 Å². The molecule has 0 aliphatic carbocycles. The van der Waals surface area contributed by atoms with Crippen molar-refractivity contribution in [2.75, 3.05) is 12.3 Å². The Bertz CT molecular complexity index is 413. The lowest BCUT2D eigenvalue weighted by Gasteiger charge is -2.20. The van der Waals surface area contributed by atoms with E-state index in [1.165, 1.54) is 12.1 Å². The van der Waals surface area contributed by atoms with Crippen molar-refractivity contribution in [3.05, 3.63) is 24.0 Å². The smallest absolute Gasteiger partial charge is 0.258 e. The Balaban J connectivity index is 2.50. The second-order valence-electron chi connectivity index (χ2n) is 4.77. The van der Waals surface area contributed by atoms with Gasteiger partial charge in [-0.05, 0) is 32.9 Å². The average molecular weight is 240 g/mol. The summed E-state index contributed by atoms with van der Waals surface area (Å²) >= 11 is 0. The molecule has 0 atom stereocenters. The number of halogens is 1. The number of rotatable bonds is 3. The lowest BCUT2D eigenvalue weighted by molar-refractivity contribution is -0.124. The molecule has 5 heteroatoms. The summed E-state index contributed by atoms with van der Waals surface area (Å²) in [5.41, 5.74) is 5.06. The maximum atomic E-state index is 13.1. The summed E-state index contributed by atoms with van der Waals surface area (Å²) in [7, 11) is 0. The van der Waals surface area contributed by atoms with Crippen LogP contribution in [-0.4, -0.2) is 18.1 Å². The van der Waals surface area contributed by atoms with Crippen LogP contribution >= 0.6 is 0 Å². The number of benzene rings is 1. The molecule has 0 heterocycles. The van der Waals surface area contributed by atoms with E-state index in [-0.39, 0.29) is 29.5 Å². The minimum atomic E-state index is -0.557. The maximum absolute atomic E-state index is 13.1. The largest absolute Gasteiger partial charge is 0.484 e. The van der Waals surface area contributed by atoms with Crippen molar-refractivity contribution in [2.45, 2.75) is 26.3 Å². The van der Waals surface area contributed by atoms with Crippen molar-refractivity contribution < 1.29 is 13.9 Å². The van der Waals surface area contributed by atoms with E-state index in [1.807, 2.05) is 20.8 Å². The predicted molar refractivity (Wildman–Crippen MR) is 64.2 cm³/mol. The Labute approximate surface area is 100.0 Å². The summed E-state index contributed by atoms with van der Waals surface area (Å²) in [5, 5.41) is 2.73. The average Bonchev–Trinajstić information content (AvgIpc) is 2.17.